The van der Waals surface area contributed by atoms with E-state index in [2.05, 4.69) is 4.74 Å². The summed E-state index contributed by atoms with van der Waals surface area (Å²) in [4.78, 5) is 13.5. The second kappa shape index (κ2) is 9.69. The van der Waals surface area contributed by atoms with E-state index in [4.69, 9.17) is 0 Å². The molecule has 1 N–H and O–H groups in total. The molecular formula is C24H29F3N2O5S. The van der Waals surface area contributed by atoms with E-state index in [1.807, 2.05) is 4.90 Å². The lowest BCUT2D eigenvalue weighted by Gasteiger charge is -2.44. The summed E-state index contributed by atoms with van der Waals surface area (Å²) in [5, 5.41) is 9.39. The lowest BCUT2D eigenvalue weighted by molar-refractivity contribution is -0.274. The Bertz CT molecular complexity index is 1170. The summed E-state index contributed by atoms with van der Waals surface area (Å²) >= 11 is 0. The van der Waals surface area contributed by atoms with Crippen molar-refractivity contribution in [2.45, 2.75) is 57.5 Å². The number of ether oxygens (including phenoxy) is 1. The summed E-state index contributed by atoms with van der Waals surface area (Å²) in [6, 6.07) is 9.59. The quantitative estimate of drug-likeness (QED) is 0.640. The van der Waals surface area contributed by atoms with Crippen molar-refractivity contribution < 1.29 is 36.2 Å². The molecular weight excluding hydrogens is 485 g/mol. The highest BCUT2D eigenvalue weighted by Gasteiger charge is 2.41. The van der Waals surface area contributed by atoms with Crippen molar-refractivity contribution in [2.75, 3.05) is 18.0 Å². The first kappa shape index (κ1) is 26.8. The molecule has 2 aromatic carbocycles. The smallest absolute Gasteiger partial charge is 0.481 e. The average Bonchev–Trinajstić information content (AvgIpc) is 3.17. The van der Waals surface area contributed by atoms with Gasteiger partial charge in [-0.25, -0.2) is 8.42 Å². The van der Waals surface area contributed by atoms with Crippen LogP contribution in [0, 0.1) is 5.92 Å². The number of carboxylic acid groups (broad SMARTS) is 1. The lowest BCUT2D eigenvalue weighted by Crippen LogP contribution is -2.58. The van der Waals surface area contributed by atoms with Gasteiger partial charge in [-0.1, -0.05) is 19.6 Å². The molecule has 0 bridgehead atoms. The summed E-state index contributed by atoms with van der Waals surface area (Å²) in [5.74, 6) is -1.90. The number of carboxylic acids is 1. The van der Waals surface area contributed by atoms with E-state index in [0.717, 1.165) is 5.56 Å². The predicted molar refractivity (Wildman–Crippen MR) is 125 cm³/mol. The third kappa shape index (κ3) is 5.40. The Kier molecular flexibility index (Phi) is 7.42. The number of piperazine rings is 1. The Labute approximate surface area is 203 Å². The highest BCUT2D eigenvalue weighted by Crippen LogP contribution is 2.36. The van der Waals surface area contributed by atoms with Gasteiger partial charge in [0.25, 0.3) is 0 Å². The van der Waals surface area contributed by atoms with Crippen molar-refractivity contribution in [3.63, 3.8) is 0 Å². The van der Waals surface area contributed by atoms with Crippen molar-refractivity contribution >= 4 is 21.7 Å². The zero-order valence-electron chi connectivity index (χ0n) is 18.6. The lowest BCUT2D eigenvalue weighted by atomic mass is 10.1. The van der Waals surface area contributed by atoms with Crippen LogP contribution in [0.1, 0.15) is 32.4 Å². The molecule has 4 rings (SSSR count). The predicted octanol–water partition coefficient (Wildman–Crippen LogP) is 4.31. The van der Waals surface area contributed by atoms with Gasteiger partial charge in [0.05, 0.1) is 10.8 Å². The largest absolute Gasteiger partial charge is 0.573 e. The summed E-state index contributed by atoms with van der Waals surface area (Å²) in [5.41, 5.74) is 1.97. The van der Waals surface area contributed by atoms with Gasteiger partial charge < -0.3 is 14.7 Å². The molecule has 3 atom stereocenters. The van der Waals surface area contributed by atoms with Crippen LogP contribution >= 0.6 is 0 Å². The molecule has 0 spiro atoms. The first-order chi connectivity index (χ1) is 15.9. The van der Waals surface area contributed by atoms with E-state index in [-0.39, 0.29) is 24.5 Å². The number of fused-ring (bicyclic) bond motifs is 1. The van der Waals surface area contributed by atoms with Crippen LogP contribution in [0.4, 0.5) is 18.9 Å². The van der Waals surface area contributed by atoms with Crippen molar-refractivity contribution in [2.24, 2.45) is 5.92 Å². The van der Waals surface area contributed by atoms with Crippen molar-refractivity contribution in [3.8, 4) is 5.75 Å². The van der Waals surface area contributed by atoms with Crippen LogP contribution in [0.3, 0.4) is 0 Å². The minimum Gasteiger partial charge on any atom is -0.481 e. The third-order valence-corrected chi connectivity index (χ3v) is 8.54. The van der Waals surface area contributed by atoms with Crippen LogP contribution in [-0.2, 0) is 27.7 Å². The number of rotatable bonds is 5. The van der Waals surface area contributed by atoms with Gasteiger partial charge in [-0.2, -0.15) is 4.31 Å². The summed E-state index contributed by atoms with van der Waals surface area (Å²) < 4.78 is 70.0. The van der Waals surface area contributed by atoms with Gasteiger partial charge in [-0.05, 0) is 68.1 Å². The number of carbonyl (C=O) groups is 1. The molecule has 2 aromatic rings. The zero-order chi connectivity index (χ0) is 24.8. The van der Waals surface area contributed by atoms with Gasteiger partial charge in [0.2, 0.25) is 10.0 Å². The van der Waals surface area contributed by atoms with Gasteiger partial charge in [-0.3, -0.25) is 4.79 Å². The molecule has 1 aliphatic carbocycles. The summed E-state index contributed by atoms with van der Waals surface area (Å²) in [7, 11) is -3.90. The fourth-order valence-electron chi connectivity index (χ4n) is 5.00. The number of hydrogen-bond donors (Lipinski definition) is 1. The molecule has 7 nitrogen and oxygen atoms in total. The van der Waals surface area contributed by atoms with Crippen molar-refractivity contribution in [1.82, 2.24) is 4.31 Å². The van der Waals surface area contributed by atoms with E-state index in [1.54, 1.807) is 26.0 Å². The maximum Gasteiger partial charge on any atom is 0.573 e. The number of benzene rings is 2. The molecule has 1 unspecified atom stereocenters. The molecule has 192 valence electrons. The van der Waals surface area contributed by atoms with Crippen LogP contribution in [0.25, 0.3) is 0 Å². The molecule has 0 saturated carbocycles. The van der Waals surface area contributed by atoms with Gasteiger partial charge in [0.15, 0.2) is 0 Å². The minimum absolute atomic E-state index is 0. The molecule has 1 saturated heterocycles. The summed E-state index contributed by atoms with van der Waals surface area (Å²) in [6.07, 6.45) is -4.29. The first-order valence-electron chi connectivity index (χ1n) is 10.8. The summed E-state index contributed by atoms with van der Waals surface area (Å²) in [6.45, 7) is 4.25. The highest BCUT2D eigenvalue weighted by molar-refractivity contribution is 7.89. The van der Waals surface area contributed by atoms with Crippen molar-refractivity contribution in [3.05, 3.63) is 53.6 Å². The number of halogens is 3. The zero-order valence-corrected chi connectivity index (χ0v) is 19.4. The minimum atomic E-state index is -4.77. The fourth-order valence-corrected chi connectivity index (χ4v) is 7.08. The number of nitrogens with zero attached hydrogens (tertiary/aromatic N) is 2. The third-order valence-electron chi connectivity index (χ3n) is 6.33. The number of anilines is 1. The highest BCUT2D eigenvalue weighted by atomic mass is 32.2. The van der Waals surface area contributed by atoms with Crippen molar-refractivity contribution in [1.29, 1.82) is 0 Å². The number of hydrogen-bond acceptors (Lipinski definition) is 5. The van der Waals surface area contributed by atoms with E-state index in [9.17, 15) is 31.5 Å². The van der Waals surface area contributed by atoms with Crippen LogP contribution in [0.15, 0.2) is 47.4 Å². The number of sulfonamides is 1. The van der Waals surface area contributed by atoms with Gasteiger partial charge in [-0.15, -0.1) is 13.2 Å². The molecule has 0 radical (unpaired) electrons. The average molecular weight is 515 g/mol. The molecule has 35 heavy (non-hydrogen) atoms. The molecule has 1 fully saturated rings. The van der Waals surface area contributed by atoms with Crippen LogP contribution < -0.4 is 9.64 Å². The van der Waals surface area contributed by atoms with Gasteiger partial charge >= 0.3 is 12.3 Å². The SMILES string of the molecule is C.C[C@@H]1CN(c2ccc(OC(F)(F)F)cc2)C[C@H](C)N1S(=O)(=O)c1cccc2c1CC(C(=O)O)C2. The second-order valence-electron chi connectivity index (χ2n) is 8.82. The Morgan fingerprint density at radius 2 is 1.63 bits per heavy atom. The van der Waals surface area contributed by atoms with E-state index in [0.29, 0.717) is 30.8 Å². The molecule has 11 heteroatoms. The Hall–Kier alpha value is -2.79. The van der Waals surface area contributed by atoms with Crippen LogP contribution in [0.5, 0.6) is 5.75 Å². The second-order valence-corrected chi connectivity index (χ2v) is 10.6. The van der Waals surface area contributed by atoms with E-state index >= 15 is 0 Å². The topological polar surface area (TPSA) is 87.2 Å². The number of alkyl halides is 3. The molecule has 1 heterocycles. The monoisotopic (exact) mass is 514 g/mol. The first-order valence-corrected chi connectivity index (χ1v) is 12.3. The molecule has 2 aliphatic rings. The maximum absolute atomic E-state index is 13.7. The van der Waals surface area contributed by atoms with Gasteiger partial charge in [0.1, 0.15) is 5.75 Å². The van der Waals surface area contributed by atoms with Gasteiger partial charge in [0, 0.05) is 30.9 Å². The van der Waals surface area contributed by atoms with E-state index in [1.165, 1.54) is 34.6 Å². The van der Waals surface area contributed by atoms with Crippen LogP contribution in [-0.4, -0.2) is 55.3 Å². The van der Waals surface area contributed by atoms with E-state index < -0.39 is 40.4 Å². The Morgan fingerprint density at radius 3 is 2.17 bits per heavy atom. The normalized spacial score (nSPS) is 22.9. The molecule has 1 aliphatic heterocycles. The van der Waals surface area contributed by atoms with Crippen LogP contribution in [0.2, 0.25) is 0 Å². The molecule has 0 aromatic heterocycles. The molecule has 0 amide bonds. The number of aliphatic carboxylic acids is 1. The fraction of sp³-hybridized carbons (Fsp3) is 0.458. The Morgan fingerprint density at radius 1 is 1.03 bits per heavy atom. The maximum atomic E-state index is 13.7. The Balaban J connectivity index is 0.00000342. The standard InChI is InChI=1S/C23H25F3N2O5S.CH4/c1-14-12-27(18-6-8-19(9-7-18)33-23(24,25)26)13-15(2)28(14)34(31,32)21-5-3-4-16-10-17(22(29)30)11-20(16)21;/h3-9,14-15,17H,10-13H2,1-2H3,(H,29,30);1H4/t14-,15+,17?;.